The molecule has 13 heteroatoms. The fourth-order valence-electron chi connectivity index (χ4n) is 5.21. The zero-order valence-electron chi connectivity index (χ0n) is 25.1. The van der Waals surface area contributed by atoms with E-state index in [-0.39, 0.29) is 17.3 Å². The Morgan fingerprint density at radius 3 is 2.40 bits per heavy atom. The highest BCUT2D eigenvalue weighted by Gasteiger charge is 2.20. The van der Waals surface area contributed by atoms with Crippen molar-refractivity contribution in [3.8, 4) is 27.6 Å². The molecule has 0 saturated carbocycles. The Balaban J connectivity index is 1.07. The van der Waals surface area contributed by atoms with E-state index in [0.717, 1.165) is 21.1 Å². The van der Waals surface area contributed by atoms with E-state index < -0.39 is 28.8 Å². The van der Waals surface area contributed by atoms with E-state index in [1.54, 1.807) is 29.3 Å². The minimum Gasteiger partial charge on any atom is -0.453 e. The number of benzene rings is 3. The van der Waals surface area contributed by atoms with Gasteiger partial charge in [0.15, 0.2) is 17.3 Å². The Morgan fingerprint density at radius 1 is 0.875 bits per heavy atom. The highest BCUT2D eigenvalue weighted by atomic mass is 32.1. The lowest BCUT2D eigenvalue weighted by molar-refractivity contribution is 0.0303. The van der Waals surface area contributed by atoms with Crippen molar-refractivity contribution >= 4 is 39.1 Å². The van der Waals surface area contributed by atoms with Crippen molar-refractivity contribution in [1.82, 2.24) is 19.4 Å². The molecule has 0 unspecified atom stereocenters. The predicted molar refractivity (Wildman–Crippen MR) is 176 cm³/mol. The summed E-state index contributed by atoms with van der Waals surface area (Å²) >= 11 is 1.42. The number of nitrogens with zero attached hydrogens (tertiary/aromatic N) is 4. The molecule has 1 aliphatic heterocycles. The number of nitrogens with one attached hydrogen (secondary N) is 1. The molecule has 7 rings (SSSR count). The monoisotopic (exact) mass is 665 g/mol. The molecule has 1 aliphatic rings. The Hall–Kier alpha value is -5.79. The summed E-state index contributed by atoms with van der Waals surface area (Å²) in [6, 6.07) is 20.0. The fraction of sp³-hybridized carbons (Fsp3) is 0.114. The lowest BCUT2D eigenvalue weighted by atomic mass is 10.1. The Morgan fingerprint density at radius 2 is 1.65 bits per heavy atom. The number of morpholine rings is 1. The second-order valence-electron chi connectivity index (χ2n) is 10.7. The molecule has 6 aromatic rings. The third-order valence-corrected chi connectivity index (χ3v) is 8.85. The zero-order chi connectivity index (χ0) is 33.2. The third kappa shape index (κ3) is 6.28. The van der Waals surface area contributed by atoms with Crippen LogP contribution in [0.3, 0.4) is 0 Å². The van der Waals surface area contributed by atoms with Gasteiger partial charge in [-0.15, -0.1) is 11.3 Å². The second-order valence-corrected chi connectivity index (χ2v) is 11.8. The van der Waals surface area contributed by atoms with Gasteiger partial charge in [0.1, 0.15) is 11.6 Å². The lowest BCUT2D eigenvalue weighted by Crippen LogP contribution is -2.40. The lowest BCUT2D eigenvalue weighted by Gasteiger charge is -2.26. The van der Waals surface area contributed by atoms with Gasteiger partial charge in [0.05, 0.1) is 23.4 Å². The van der Waals surface area contributed by atoms with Gasteiger partial charge in [-0.05, 0) is 60.2 Å². The Kier molecular flexibility index (Phi) is 8.44. The summed E-state index contributed by atoms with van der Waals surface area (Å²) in [6.45, 7) is 2.20. The maximum atomic E-state index is 15.3. The summed E-state index contributed by atoms with van der Waals surface area (Å²) in [5.41, 5.74) is 1.43. The van der Waals surface area contributed by atoms with E-state index in [0.29, 0.717) is 53.5 Å². The molecule has 0 bridgehead atoms. The second kappa shape index (κ2) is 13.1. The van der Waals surface area contributed by atoms with E-state index in [2.05, 4.69) is 15.3 Å². The highest BCUT2D eigenvalue weighted by Crippen LogP contribution is 2.40. The van der Waals surface area contributed by atoms with Gasteiger partial charge >= 0.3 is 0 Å². The van der Waals surface area contributed by atoms with Crippen molar-refractivity contribution < 1.29 is 27.8 Å². The summed E-state index contributed by atoms with van der Waals surface area (Å²) in [5, 5.41) is 2.49. The number of fused-ring (bicyclic) bond motifs is 1. The number of anilines is 1. The number of carbonyl (C=O) groups is 2. The maximum absolute atomic E-state index is 15.3. The first-order valence-corrected chi connectivity index (χ1v) is 15.6. The van der Waals surface area contributed by atoms with Gasteiger partial charge in [-0.25, -0.2) is 13.8 Å². The van der Waals surface area contributed by atoms with Crippen LogP contribution in [0, 0.1) is 11.6 Å². The van der Waals surface area contributed by atoms with Crippen LogP contribution in [-0.2, 0) is 4.74 Å². The number of carbonyl (C=O) groups excluding carboxylic acids is 2. The molecule has 1 saturated heterocycles. The molecule has 240 valence electrons. The standard InChI is InChI=1S/C35H25F2N5O5S/c36-23-5-8-25(9-6-23)42-14-13-39-31(35(42)45)33(43)40-24-7-10-28(26(37)19-24)47-29-11-12-38-27-20-30(48-32(27)29)21-1-3-22(4-2-21)34(44)41-15-17-46-18-16-41/h1-14,19-20H,15-18H2,(H,40,43). The number of aromatic nitrogens is 3. The number of rotatable bonds is 7. The molecule has 3 aromatic heterocycles. The van der Waals surface area contributed by atoms with E-state index in [1.165, 1.54) is 60.1 Å². The Labute approximate surface area is 275 Å². The van der Waals surface area contributed by atoms with E-state index in [1.807, 2.05) is 18.2 Å². The zero-order valence-corrected chi connectivity index (χ0v) is 25.9. The van der Waals surface area contributed by atoms with Crippen molar-refractivity contribution in [2.75, 3.05) is 31.6 Å². The van der Waals surface area contributed by atoms with Crippen molar-refractivity contribution in [1.29, 1.82) is 0 Å². The van der Waals surface area contributed by atoms with Gasteiger partial charge in [-0.3, -0.25) is 23.9 Å². The summed E-state index contributed by atoms with van der Waals surface area (Å²) in [7, 11) is 0. The molecular formula is C35H25F2N5O5S. The fourth-order valence-corrected chi connectivity index (χ4v) is 6.28. The van der Waals surface area contributed by atoms with Gasteiger partial charge < -0.3 is 19.7 Å². The summed E-state index contributed by atoms with van der Waals surface area (Å²) in [5.74, 6) is -1.79. The molecule has 1 N–H and O–H groups in total. The molecule has 0 spiro atoms. The topological polar surface area (TPSA) is 116 Å². The number of ether oxygens (including phenoxy) is 2. The average Bonchev–Trinajstić information content (AvgIpc) is 3.56. The van der Waals surface area contributed by atoms with Crippen LogP contribution < -0.4 is 15.6 Å². The quantitative estimate of drug-likeness (QED) is 0.213. The first kappa shape index (κ1) is 30.8. The van der Waals surface area contributed by atoms with Gasteiger partial charge in [-0.1, -0.05) is 12.1 Å². The van der Waals surface area contributed by atoms with E-state index >= 15 is 4.39 Å². The number of thiophene rings is 1. The van der Waals surface area contributed by atoms with E-state index in [4.69, 9.17) is 9.47 Å². The van der Waals surface area contributed by atoms with Crippen LogP contribution >= 0.6 is 11.3 Å². The van der Waals surface area contributed by atoms with Crippen molar-refractivity contribution in [2.45, 2.75) is 0 Å². The van der Waals surface area contributed by atoms with E-state index in [9.17, 15) is 18.8 Å². The van der Waals surface area contributed by atoms with Crippen LogP contribution in [0.2, 0.25) is 0 Å². The van der Waals surface area contributed by atoms with Crippen LogP contribution in [-0.4, -0.2) is 57.6 Å². The summed E-state index contributed by atoms with van der Waals surface area (Å²) < 4.78 is 41.7. The normalized spacial score (nSPS) is 13.0. The van der Waals surface area contributed by atoms with Gasteiger partial charge in [-0.2, -0.15) is 0 Å². The predicted octanol–water partition coefficient (Wildman–Crippen LogP) is 6.30. The summed E-state index contributed by atoms with van der Waals surface area (Å²) in [4.78, 5) is 49.7. The van der Waals surface area contributed by atoms with Crippen LogP contribution in [0.25, 0.3) is 26.3 Å². The molecule has 0 aliphatic carbocycles. The van der Waals surface area contributed by atoms with Crippen LogP contribution in [0.1, 0.15) is 20.8 Å². The Bertz CT molecular complexity index is 2210. The molecule has 10 nitrogen and oxygen atoms in total. The highest BCUT2D eigenvalue weighted by molar-refractivity contribution is 7.22. The van der Waals surface area contributed by atoms with Crippen molar-refractivity contribution in [3.05, 3.63) is 131 Å². The van der Waals surface area contributed by atoms with Crippen molar-refractivity contribution in [3.63, 3.8) is 0 Å². The average molecular weight is 666 g/mol. The van der Waals surface area contributed by atoms with Gasteiger partial charge in [0.25, 0.3) is 17.4 Å². The summed E-state index contributed by atoms with van der Waals surface area (Å²) in [6.07, 6.45) is 4.19. The largest absolute Gasteiger partial charge is 0.453 e. The minimum absolute atomic E-state index is 0.0342. The molecule has 0 atom stereocenters. The third-order valence-electron chi connectivity index (χ3n) is 7.66. The molecule has 2 amide bonds. The molecule has 48 heavy (non-hydrogen) atoms. The minimum atomic E-state index is -0.843. The number of pyridine rings is 1. The first-order chi connectivity index (χ1) is 23.3. The SMILES string of the molecule is O=C(Nc1ccc(Oc2ccnc3cc(-c4ccc(C(=O)N5CCOCC5)cc4)sc23)c(F)c1)c1nccn(-c2ccc(F)cc2)c1=O. The van der Waals surface area contributed by atoms with Crippen LogP contribution in [0.15, 0.2) is 102 Å². The molecule has 4 heterocycles. The van der Waals surface area contributed by atoms with Crippen LogP contribution in [0.4, 0.5) is 14.5 Å². The molecule has 0 radical (unpaired) electrons. The molecule has 1 fully saturated rings. The maximum Gasteiger partial charge on any atom is 0.286 e. The molecular weight excluding hydrogens is 640 g/mol. The van der Waals surface area contributed by atoms with Gasteiger partial charge in [0, 0.05) is 65.6 Å². The van der Waals surface area contributed by atoms with Gasteiger partial charge in [0.2, 0.25) is 0 Å². The number of halogens is 2. The van der Waals surface area contributed by atoms with Crippen molar-refractivity contribution in [2.24, 2.45) is 0 Å². The first-order valence-electron chi connectivity index (χ1n) is 14.8. The smallest absolute Gasteiger partial charge is 0.286 e. The number of amides is 2. The molecule has 3 aromatic carbocycles. The van der Waals surface area contributed by atoms with Crippen LogP contribution in [0.5, 0.6) is 11.5 Å². The number of hydrogen-bond acceptors (Lipinski definition) is 8. The number of hydrogen-bond donors (Lipinski definition) is 1.